The number of ether oxygens (including phenoxy) is 1. The molecule has 4 aliphatic rings. The van der Waals surface area contributed by atoms with Crippen LogP contribution in [0.15, 0.2) is 48.5 Å². The van der Waals surface area contributed by atoms with Crippen molar-refractivity contribution in [1.29, 1.82) is 0 Å². The smallest absolute Gasteiger partial charge is 0.264 e. The van der Waals surface area contributed by atoms with Crippen molar-refractivity contribution in [2.75, 3.05) is 29.5 Å². The molecule has 3 saturated heterocycles. The van der Waals surface area contributed by atoms with Crippen molar-refractivity contribution in [2.45, 2.75) is 88.4 Å². The Balaban J connectivity index is 1.43. The largest absolute Gasteiger partial charge is 0.432 e. The third-order valence-electron chi connectivity index (χ3n) is 10.1. The second-order valence-electron chi connectivity index (χ2n) is 13.2. The number of benzene rings is 2. The first-order chi connectivity index (χ1) is 20.6. The summed E-state index contributed by atoms with van der Waals surface area (Å²) in [7, 11) is -2.96. The molecule has 0 bridgehead atoms. The lowest BCUT2D eigenvalue weighted by Crippen LogP contribution is -2.46. The van der Waals surface area contributed by atoms with Crippen LogP contribution < -0.4 is 9.80 Å². The van der Waals surface area contributed by atoms with E-state index in [0.29, 0.717) is 31.6 Å². The van der Waals surface area contributed by atoms with Crippen molar-refractivity contribution < 1.29 is 29.0 Å². The van der Waals surface area contributed by atoms with Crippen molar-refractivity contribution in [3.8, 4) is 0 Å². The highest BCUT2D eigenvalue weighted by atomic mass is 28.4. The third-order valence-corrected chi connectivity index (χ3v) is 12.6. The second-order valence-corrected chi connectivity index (χ2v) is 17.2. The molecule has 3 amide bonds. The minimum Gasteiger partial charge on any atom is -0.432 e. The zero-order chi connectivity index (χ0) is 30.5. The number of carbonyl (C=O) groups is 3. The first-order valence-electron chi connectivity index (χ1n) is 15.7. The summed E-state index contributed by atoms with van der Waals surface area (Å²) in [6, 6.07) is 15.4. The molecular weight excluding hydrogens is 562 g/mol. The van der Waals surface area contributed by atoms with Crippen LogP contribution in [0.25, 0.3) is 0 Å². The summed E-state index contributed by atoms with van der Waals surface area (Å²) in [4.78, 5) is 58.2. The number of fused-ring (bicyclic) bond motifs is 2. The molecule has 0 radical (unpaired) electrons. The van der Waals surface area contributed by atoms with Crippen molar-refractivity contribution in [3.05, 3.63) is 59.7 Å². The van der Waals surface area contributed by atoms with Crippen LogP contribution in [0, 0.1) is 5.92 Å². The number of rotatable bonds is 7. The lowest BCUT2D eigenvalue weighted by atomic mass is 9.82. The van der Waals surface area contributed by atoms with Gasteiger partial charge >= 0.3 is 0 Å². The molecule has 9 nitrogen and oxygen atoms in total. The normalized spacial score (nSPS) is 29.2. The Morgan fingerprint density at radius 2 is 1.84 bits per heavy atom. The molecule has 2 aromatic rings. The Labute approximate surface area is 254 Å². The van der Waals surface area contributed by atoms with E-state index in [0.717, 1.165) is 42.6 Å². The van der Waals surface area contributed by atoms with Crippen LogP contribution in [-0.2, 0) is 31.3 Å². The van der Waals surface area contributed by atoms with E-state index in [4.69, 9.17) is 4.74 Å². The summed E-state index contributed by atoms with van der Waals surface area (Å²) in [6.07, 6.45) is 3.26. The maximum absolute atomic E-state index is 14.7. The minimum absolute atomic E-state index is 0.0375. The van der Waals surface area contributed by atoms with Gasteiger partial charge in [0.25, 0.3) is 5.91 Å². The van der Waals surface area contributed by atoms with Gasteiger partial charge in [-0.2, -0.15) is 0 Å². The predicted molar refractivity (Wildman–Crippen MR) is 166 cm³/mol. The fourth-order valence-electron chi connectivity index (χ4n) is 8.08. The molecule has 4 aliphatic heterocycles. The summed E-state index contributed by atoms with van der Waals surface area (Å²) in [5, 5.41) is 9.85. The third kappa shape index (κ3) is 5.12. The molecule has 3 fully saturated rings. The summed E-state index contributed by atoms with van der Waals surface area (Å²) in [6.45, 7) is 7.16. The van der Waals surface area contributed by atoms with Crippen molar-refractivity contribution in [1.82, 2.24) is 4.90 Å². The van der Waals surface area contributed by atoms with Crippen LogP contribution in [0.2, 0.25) is 18.6 Å². The second kappa shape index (κ2) is 11.5. The standard InChI is InChI=1S/C33H43N3O6Si/c1-22-31(43(2,3)41)28(19-30(39)35-17-9-12-25(35)21-37)42-33(22)26-18-24(34-16-8-7-13-29(34)38)14-15-27(26)36(32(33)40)20-23-10-5-4-6-11-23/h4-6,10-11,14-15,18,22,25,28,31,37,41H,7-9,12-13,16-17,19-21H2,1-3H3/t22-,25-,28+,31-,33+/m0/s1. The number of hydrogen-bond donors (Lipinski definition) is 2. The average Bonchev–Trinajstić information content (AvgIpc) is 3.64. The van der Waals surface area contributed by atoms with E-state index in [2.05, 4.69) is 0 Å². The topological polar surface area (TPSA) is 111 Å². The van der Waals surface area contributed by atoms with Crippen LogP contribution in [0.5, 0.6) is 0 Å². The van der Waals surface area contributed by atoms with Crippen LogP contribution in [0.3, 0.4) is 0 Å². The Bertz CT molecular complexity index is 1400. The van der Waals surface area contributed by atoms with Crippen molar-refractivity contribution in [2.24, 2.45) is 5.92 Å². The van der Waals surface area contributed by atoms with E-state index in [1.807, 2.05) is 68.5 Å². The van der Waals surface area contributed by atoms with Gasteiger partial charge in [0.05, 0.1) is 37.4 Å². The molecule has 1 spiro atoms. The number of anilines is 2. The van der Waals surface area contributed by atoms with E-state index >= 15 is 0 Å². The maximum Gasteiger partial charge on any atom is 0.264 e. The molecule has 0 aromatic heterocycles. The first kappa shape index (κ1) is 30.0. The number of likely N-dealkylation sites (tertiary alicyclic amines) is 1. The number of nitrogens with zero attached hydrogens (tertiary/aromatic N) is 3. The maximum atomic E-state index is 14.7. The van der Waals surface area contributed by atoms with E-state index in [1.165, 1.54) is 0 Å². The van der Waals surface area contributed by atoms with Gasteiger partial charge in [-0.05, 0) is 62.5 Å². The molecule has 0 unspecified atom stereocenters. The molecule has 5 atom stereocenters. The van der Waals surface area contributed by atoms with Gasteiger partial charge in [0.15, 0.2) is 13.9 Å². The van der Waals surface area contributed by atoms with E-state index in [9.17, 15) is 24.3 Å². The Morgan fingerprint density at radius 3 is 2.53 bits per heavy atom. The molecule has 10 heteroatoms. The van der Waals surface area contributed by atoms with E-state index in [-0.39, 0.29) is 42.3 Å². The van der Waals surface area contributed by atoms with Gasteiger partial charge in [-0.3, -0.25) is 14.4 Å². The Morgan fingerprint density at radius 1 is 1.07 bits per heavy atom. The molecule has 2 aromatic carbocycles. The highest BCUT2D eigenvalue weighted by Crippen LogP contribution is 2.60. The van der Waals surface area contributed by atoms with Crippen molar-refractivity contribution in [3.63, 3.8) is 0 Å². The van der Waals surface area contributed by atoms with Gasteiger partial charge < -0.3 is 29.3 Å². The molecule has 0 saturated carbocycles. The SMILES string of the molecule is C[C@H]1[C@H]([Si](C)(C)O)[C@@H](CC(=O)N2CCC[C@H]2CO)O[C@]12C(=O)N(Cc1ccccc1)c1ccc(N3CCCCC3=O)cc12. The first-order valence-corrected chi connectivity index (χ1v) is 18.7. The number of piperidine rings is 1. The number of aliphatic hydroxyl groups excluding tert-OH is 1. The Kier molecular flexibility index (Phi) is 8.00. The van der Waals surface area contributed by atoms with Gasteiger partial charge in [-0.1, -0.05) is 37.3 Å². The quantitative estimate of drug-likeness (QED) is 0.463. The van der Waals surface area contributed by atoms with Gasteiger partial charge in [-0.15, -0.1) is 0 Å². The predicted octanol–water partition coefficient (Wildman–Crippen LogP) is 3.92. The Hall–Kier alpha value is -3.05. The lowest BCUT2D eigenvalue weighted by molar-refractivity contribution is -0.150. The highest BCUT2D eigenvalue weighted by molar-refractivity contribution is 6.71. The van der Waals surface area contributed by atoms with Gasteiger partial charge in [0.2, 0.25) is 11.8 Å². The van der Waals surface area contributed by atoms with E-state index in [1.54, 1.807) is 14.7 Å². The van der Waals surface area contributed by atoms with Crippen LogP contribution >= 0.6 is 0 Å². The fraction of sp³-hybridized carbons (Fsp3) is 0.545. The van der Waals surface area contributed by atoms with Crippen molar-refractivity contribution >= 4 is 37.4 Å². The van der Waals surface area contributed by atoms with Gasteiger partial charge in [0, 0.05) is 42.2 Å². The average molecular weight is 606 g/mol. The van der Waals surface area contributed by atoms with Gasteiger partial charge in [-0.25, -0.2) is 0 Å². The molecule has 43 heavy (non-hydrogen) atoms. The molecule has 4 heterocycles. The molecule has 230 valence electrons. The lowest BCUT2D eigenvalue weighted by Gasteiger charge is -2.33. The number of aliphatic hydroxyl groups is 1. The molecule has 6 rings (SSSR count). The number of amides is 3. The summed E-state index contributed by atoms with van der Waals surface area (Å²) in [5.74, 6) is -0.661. The summed E-state index contributed by atoms with van der Waals surface area (Å²) in [5.41, 5.74) is 1.36. The molecule has 2 N–H and O–H groups in total. The molecular formula is C33H43N3O6Si. The van der Waals surface area contributed by atoms with Crippen LogP contribution in [0.1, 0.15) is 56.6 Å². The highest BCUT2D eigenvalue weighted by Gasteiger charge is 2.66. The summed E-state index contributed by atoms with van der Waals surface area (Å²) < 4.78 is 6.91. The van der Waals surface area contributed by atoms with E-state index < -0.39 is 25.9 Å². The fourth-order valence-corrected chi connectivity index (χ4v) is 10.6. The van der Waals surface area contributed by atoms with Gasteiger partial charge in [0.1, 0.15) is 0 Å². The zero-order valence-corrected chi connectivity index (χ0v) is 26.4. The minimum atomic E-state index is -2.96. The zero-order valence-electron chi connectivity index (χ0n) is 25.4. The van der Waals surface area contributed by atoms with Crippen LogP contribution in [0.4, 0.5) is 11.4 Å². The summed E-state index contributed by atoms with van der Waals surface area (Å²) >= 11 is 0. The van der Waals surface area contributed by atoms with Crippen LogP contribution in [-0.4, -0.2) is 72.7 Å². The molecule has 0 aliphatic carbocycles. The monoisotopic (exact) mass is 605 g/mol. The number of hydrogen-bond acceptors (Lipinski definition) is 6. The number of carbonyl (C=O) groups excluding carboxylic acids is 3.